The van der Waals surface area contributed by atoms with Crippen molar-refractivity contribution in [3.8, 4) is 0 Å². The van der Waals surface area contributed by atoms with E-state index < -0.39 is 35.5 Å². The zero-order chi connectivity index (χ0) is 40.9. The molecule has 8 heterocycles. The van der Waals surface area contributed by atoms with Gasteiger partial charge in [-0.3, -0.25) is 53.8 Å². The number of fused-ring (bicyclic) bond motifs is 2. The van der Waals surface area contributed by atoms with Crippen molar-refractivity contribution in [2.75, 3.05) is 62.2 Å². The van der Waals surface area contributed by atoms with Gasteiger partial charge in [0.15, 0.2) is 0 Å². The summed E-state index contributed by atoms with van der Waals surface area (Å²) in [5.41, 5.74) is 4.81. The van der Waals surface area contributed by atoms with Crippen LogP contribution in [0, 0.1) is 5.82 Å². The molecule has 1 aromatic carbocycles. The Hall–Kier alpha value is -6.07. The molecule has 306 valence electrons. The van der Waals surface area contributed by atoms with Crippen molar-refractivity contribution in [3.63, 3.8) is 0 Å². The number of pyridine rings is 3. The lowest BCUT2D eigenvalue weighted by molar-refractivity contribution is -0.136. The Bertz CT molecular complexity index is 2420. The Morgan fingerprint density at radius 1 is 0.864 bits per heavy atom. The summed E-state index contributed by atoms with van der Waals surface area (Å²) in [5, 5.41) is 5.31. The maximum Gasteiger partial charge on any atom is 0.270 e. The Balaban J connectivity index is 0.720. The summed E-state index contributed by atoms with van der Waals surface area (Å²) in [4.78, 5) is 97.5. The molecular weight excluding hydrogens is 760 g/mol. The fraction of sp³-hybridized carbons (Fsp3) is 0.429. The number of rotatable bonds is 9. The zero-order valence-corrected chi connectivity index (χ0v) is 32.7. The van der Waals surface area contributed by atoms with Gasteiger partial charge in [0.05, 0.1) is 39.7 Å². The molecule has 0 saturated carbocycles. The van der Waals surface area contributed by atoms with Crippen LogP contribution in [0.5, 0.6) is 0 Å². The van der Waals surface area contributed by atoms with E-state index in [-0.39, 0.29) is 53.2 Å². The van der Waals surface area contributed by atoms with E-state index in [2.05, 4.69) is 40.3 Å². The number of benzene rings is 1. The maximum absolute atomic E-state index is 15.3. The van der Waals surface area contributed by atoms with Crippen LogP contribution in [0.3, 0.4) is 0 Å². The highest BCUT2D eigenvalue weighted by Crippen LogP contribution is 2.35. The number of nitrogens with zero attached hydrogens (tertiary/aromatic N) is 7. The first-order valence-electron chi connectivity index (χ1n) is 20.3. The highest BCUT2D eigenvalue weighted by Gasteiger charge is 2.46. The summed E-state index contributed by atoms with van der Waals surface area (Å²) in [6.07, 6.45) is 5.87. The monoisotopic (exact) mass is 804 g/mol. The number of carbonyl (C=O) groups is 5. The number of imide groups is 2. The Morgan fingerprint density at radius 3 is 2.31 bits per heavy atom. The molecule has 5 aliphatic heterocycles. The molecule has 17 heteroatoms. The van der Waals surface area contributed by atoms with E-state index in [0.717, 1.165) is 97.5 Å². The number of piperidine rings is 2. The molecule has 3 aromatic heterocycles. The number of hydrogen-bond acceptors (Lipinski definition) is 12. The van der Waals surface area contributed by atoms with Gasteiger partial charge < -0.3 is 20.1 Å². The first-order chi connectivity index (χ1) is 28.5. The number of likely N-dealkylation sites (tertiary alicyclic amines) is 1. The summed E-state index contributed by atoms with van der Waals surface area (Å²) in [7, 11) is 0. The van der Waals surface area contributed by atoms with Crippen LogP contribution in [-0.2, 0) is 22.6 Å². The number of amides is 5. The molecule has 5 amide bonds. The molecule has 0 bridgehead atoms. The Morgan fingerprint density at radius 2 is 1.61 bits per heavy atom. The summed E-state index contributed by atoms with van der Waals surface area (Å²) in [6.45, 7) is 8.64. The predicted octanol–water partition coefficient (Wildman–Crippen LogP) is 1.83. The van der Waals surface area contributed by atoms with Crippen LogP contribution in [-0.4, -0.2) is 130 Å². The van der Waals surface area contributed by atoms with Gasteiger partial charge in [-0.2, -0.15) is 0 Å². The molecule has 5 aliphatic rings. The maximum atomic E-state index is 15.3. The first kappa shape index (κ1) is 38.4. The normalized spacial score (nSPS) is 20.9. The van der Waals surface area contributed by atoms with E-state index in [1.165, 1.54) is 6.07 Å². The number of aryl methyl sites for hydroxylation is 1. The summed E-state index contributed by atoms with van der Waals surface area (Å²) >= 11 is 0. The first-order valence-corrected chi connectivity index (χ1v) is 20.3. The van der Waals surface area contributed by atoms with Crippen LogP contribution in [0.4, 0.5) is 15.8 Å². The van der Waals surface area contributed by atoms with Crippen LogP contribution in [0.1, 0.15) is 74.9 Å². The molecule has 0 radical (unpaired) electrons. The molecule has 0 spiro atoms. The third-order valence-electron chi connectivity index (χ3n) is 12.4. The standard InChI is InChI=1S/C42H45FN10O6/c1-2-25-16-33-34(47-38(25)55)15-24(19-44-33)21-49-11-13-51(14-12-49)27-3-4-32(45-20-27)39(56)46-26-7-9-50(10-8-26)28-22-52(23-28)36-18-30-29(17-31(36)43)41(58)53(42(30)59)35-5-6-37(54)48-40(35)57/h3-4,15-20,26,28,35H,2,5-14,21-23H2,1H3,(H,46,56)(H,47,55)(H,48,54,57). The highest BCUT2D eigenvalue weighted by atomic mass is 19.1. The molecule has 59 heavy (non-hydrogen) atoms. The molecule has 9 rings (SSSR count). The topological polar surface area (TPSA) is 184 Å². The van der Waals surface area contributed by atoms with Gasteiger partial charge in [-0.1, -0.05) is 6.92 Å². The van der Waals surface area contributed by atoms with E-state index in [0.29, 0.717) is 25.2 Å². The Kier molecular flexibility index (Phi) is 10.2. The fourth-order valence-electron chi connectivity index (χ4n) is 8.92. The largest absolute Gasteiger partial charge is 0.368 e. The van der Waals surface area contributed by atoms with Crippen LogP contribution >= 0.6 is 0 Å². The number of carbonyl (C=O) groups excluding carboxylic acids is 5. The van der Waals surface area contributed by atoms with Crippen molar-refractivity contribution in [1.29, 1.82) is 0 Å². The third kappa shape index (κ3) is 7.44. The van der Waals surface area contributed by atoms with Crippen LogP contribution in [0.2, 0.25) is 0 Å². The molecular formula is C42H45FN10O6. The number of anilines is 2. The second-order valence-electron chi connectivity index (χ2n) is 16.1. The smallest absolute Gasteiger partial charge is 0.270 e. The molecule has 1 atom stereocenters. The van der Waals surface area contributed by atoms with Gasteiger partial charge in [0.2, 0.25) is 11.8 Å². The van der Waals surface area contributed by atoms with Crippen molar-refractivity contribution in [2.24, 2.45) is 0 Å². The average molecular weight is 805 g/mol. The number of H-pyrrole nitrogens is 1. The van der Waals surface area contributed by atoms with Crippen LogP contribution in [0.25, 0.3) is 11.0 Å². The van der Waals surface area contributed by atoms with E-state index in [1.54, 1.807) is 12.3 Å². The van der Waals surface area contributed by atoms with Crippen LogP contribution in [0.15, 0.2) is 53.6 Å². The number of aromatic nitrogens is 3. The lowest BCUT2D eigenvalue weighted by atomic mass is 9.98. The zero-order valence-electron chi connectivity index (χ0n) is 32.7. The second kappa shape index (κ2) is 15.6. The number of nitrogens with one attached hydrogen (secondary N) is 3. The molecule has 16 nitrogen and oxygen atoms in total. The van der Waals surface area contributed by atoms with E-state index in [4.69, 9.17) is 0 Å². The van der Waals surface area contributed by atoms with Crippen LogP contribution < -0.4 is 26.0 Å². The lowest BCUT2D eigenvalue weighted by Gasteiger charge is -2.48. The van der Waals surface area contributed by atoms with Gasteiger partial charge in [-0.25, -0.2) is 9.37 Å². The van der Waals surface area contributed by atoms with E-state index in [1.807, 2.05) is 36.2 Å². The number of hydrogen-bond donors (Lipinski definition) is 3. The summed E-state index contributed by atoms with van der Waals surface area (Å²) in [5.74, 6) is -3.39. The van der Waals surface area contributed by atoms with Gasteiger partial charge >= 0.3 is 0 Å². The lowest BCUT2D eigenvalue weighted by Crippen LogP contribution is -2.62. The summed E-state index contributed by atoms with van der Waals surface area (Å²) < 4.78 is 15.3. The van der Waals surface area contributed by atoms with Crippen molar-refractivity contribution in [1.82, 2.24) is 40.3 Å². The fourth-order valence-corrected chi connectivity index (χ4v) is 8.92. The minimum atomic E-state index is -1.11. The predicted molar refractivity (Wildman–Crippen MR) is 215 cm³/mol. The van der Waals surface area contributed by atoms with Crippen molar-refractivity contribution < 1.29 is 28.4 Å². The number of piperazine rings is 1. The second-order valence-corrected chi connectivity index (χ2v) is 16.1. The third-order valence-corrected chi connectivity index (χ3v) is 12.4. The summed E-state index contributed by atoms with van der Waals surface area (Å²) in [6, 6.07) is 9.12. The number of halogens is 1. The minimum absolute atomic E-state index is 0.00126. The highest BCUT2D eigenvalue weighted by molar-refractivity contribution is 6.23. The van der Waals surface area contributed by atoms with Crippen molar-refractivity contribution in [2.45, 2.75) is 63.7 Å². The molecule has 0 aliphatic carbocycles. The molecule has 1 unspecified atom stereocenters. The van der Waals surface area contributed by atoms with E-state index in [9.17, 15) is 28.8 Å². The average Bonchev–Trinajstić information content (AvgIpc) is 3.45. The van der Waals surface area contributed by atoms with Gasteiger partial charge in [-0.15, -0.1) is 0 Å². The van der Waals surface area contributed by atoms with Gasteiger partial charge in [0, 0.05) is 89.2 Å². The molecule has 3 N–H and O–H groups in total. The molecule has 4 saturated heterocycles. The van der Waals surface area contributed by atoms with Gasteiger partial charge in [-0.05, 0) is 67.6 Å². The van der Waals surface area contributed by atoms with Crippen molar-refractivity contribution in [3.05, 3.63) is 92.9 Å². The van der Waals surface area contributed by atoms with Gasteiger partial charge in [0.1, 0.15) is 17.6 Å². The van der Waals surface area contributed by atoms with Crippen molar-refractivity contribution >= 4 is 51.9 Å². The van der Waals surface area contributed by atoms with Gasteiger partial charge in [0.25, 0.3) is 23.3 Å². The molecule has 4 fully saturated rings. The quantitative estimate of drug-likeness (QED) is 0.209. The van der Waals surface area contributed by atoms with E-state index >= 15 is 4.39 Å². The Labute approximate surface area is 338 Å². The minimum Gasteiger partial charge on any atom is -0.368 e. The number of aromatic amines is 1. The SMILES string of the molecule is CCc1cc2ncc(CN3CCN(c4ccc(C(=O)NC5CCN(C6CN(c7cc8c(cc7F)C(=O)N(C7CCC(=O)NC7=O)C8=O)C6)CC5)nc4)CC3)cc2[nH]c1=O. The molecule has 4 aromatic rings.